The van der Waals surface area contributed by atoms with Crippen molar-refractivity contribution in [3.63, 3.8) is 0 Å². The van der Waals surface area contributed by atoms with Crippen LogP contribution in [0.25, 0.3) is 32.2 Å². The van der Waals surface area contributed by atoms with Crippen molar-refractivity contribution in [3.05, 3.63) is 88.6 Å². The standard InChI is InChI=1S/C38H35FN6O4S/c1-20-19-40-34-33-27-8-10-29(43-30(27)11-12-31(33)50-35(34)38(49)41-20)26-7-4-22(18-28(26)39)36(47)42-23-14-16-45(17-15-23)24-5-2-21(3-6-24)25-9-13-32(46)44-37(25)48/h2-8,10-12,18,20,23,25,40H,9,13-17,19H2,1H3,(H,41,49)(H,42,47)(H,44,46,48)/t20-,25?/m1/s1. The number of thiophene rings is 1. The van der Waals surface area contributed by atoms with Crippen LogP contribution in [-0.4, -0.2) is 60.3 Å². The zero-order chi connectivity index (χ0) is 34.5. The number of anilines is 2. The fourth-order valence-corrected chi connectivity index (χ4v) is 8.32. The summed E-state index contributed by atoms with van der Waals surface area (Å²) in [5, 5.41) is 13.7. The molecule has 10 nitrogen and oxygen atoms in total. The smallest absolute Gasteiger partial charge is 0.263 e. The van der Waals surface area contributed by atoms with Crippen LogP contribution in [0.15, 0.2) is 66.7 Å². The van der Waals surface area contributed by atoms with Gasteiger partial charge in [-0.2, -0.15) is 0 Å². The molecule has 3 aromatic carbocycles. The molecule has 0 spiro atoms. The van der Waals surface area contributed by atoms with Crippen molar-refractivity contribution < 1.29 is 23.6 Å². The molecule has 0 aliphatic carbocycles. The summed E-state index contributed by atoms with van der Waals surface area (Å²) in [5.74, 6) is -1.72. The minimum Gasteiger partial charge on any atom is -0.381 e. The molecule has 12 heteroatoms. The number of piperidine rings is 2. The van der Waals surface area contributed by atoms with Gasteiger partial charge >= 0.3 is 0 Å². The van der Waals surface area contributed by atoms with E-state index in [1.165, 1.54) is 17.4 Å². The molecular weight excluding hydrogens is 656 g/mol. The summed E-state index contributed by atoms with van der Waals surface area (Å²) in [4.78, 5) is 57.3. The number of aromatic nitrogens is 1. The Labute approximate surface area is 291 Å². The second-order valence-electron chi connectivity index (χ2n) is 13.3. The Morgan fingerprint density at radius 3 is 2.54 bits per heavy atom. The van der Waals surface area contributed by atoms with Crippen molar-refractivity contribution >= 4 is 67.3 Å². The molecule has 1 unspecified atom stereocenters. The molecule has 5 aromatic rings. The van der Waals surface area contributed by atoms with Gasteiger partial charge in [0.2, 0.25) is 11.8 Å². The number of rotatable bonds is 5. The summed E-state index contributed by atoms with van der Waals surface area (Å²) in [6, 6.07) is 19.9. The van der Waals surface area contributed by atoms with Crippen molar-refractivity contribution in [1.29, 1.82) is 0 Å². The molecular formula is C38H35FN6O4S. The normalized spacial score (nSPS) is 19.8. The minimum absolute atomic E-state index is 0.00267. The lowest BCUT2D eigenvalue weighted by atomic mass is 9.90. The van der Waals surface area contributed by atoms with Crippen LogP contribution in [0.2, 0.25) is 0 Å². The maximum absolute atomic E-state index is 15.5. The number of hydrogen-bond acceptors (Lipinski definition) is 8. The molecule has 2 aromatic heterocycles. The monoisotopic (exact) mass is 690 g/mol. The van der Waals surface area contributed by atoms with E-state index in [2.05, 4.69) is 26.2 Å². The number of carbonyl (C=O) groups is 4. The van der Waals surface area contributed by atoms with E-state index in [9.17, 15) is 19.2 Å². The predicted octanol–water partition coefficient (Wildman–Crippen LogP) is 5.72. The fraction of sp³-hybridized carbons (Fsp3) is 0.289. The van der Waals surface area contributed by atoms with Crippen LogP contribution in [0.1, 0.15) is 64.1 Å². The van der Waals surface area contributed by atoms with E-state index in [0.717, 1.165) is 58.3 Å². The van der Waals surface area contributed by atoms with Crippen molar-refractivity contribution in [3.8, 4) is 11.3 Å². The molecule has 0 saturated carbocycles. The molecule has 0 bridgehead atoms. The first-order valence-electron chi connectivity index (χ1n) is 16.9. The topological polar surface area (TPSA) is 133 Å². The molecule has 5 heterocycles. The minimum atomic E-state index is -0.530. The molecule has 3 aliphatic heterocycles. The van der Waals surface area contributed by atoms with Gasteiger partial charge in [-0.3, -0.25) is 24.5 Å². The highest BCUT2D eigenvalue weighted by molar-refractivity contribution is 7.21. The Morgan fingerprint density at radius 1 is 0.980 bits per heavy atom. The van der Waals surface area contributed by atoms with Crippen molar-refractivity contribution in [2.24, 2.45) is 0 Å². The van der Waals surface area contributed by atoms with E-state index >= 15 is 4.39 Å². The van der Waals surface area contributed by atoms with Gasteiger partial charge in [0.25, 0.3) is 11.8 Å². The zero-order valence-electron chi connectivity index (χ0n) is 27.3. The molecule has 3 aliphatic rings. The Morgan fingerprint density at radius 2 is 1.78 bits per heavy atom. The highest BCUT2D eigenvalue weighted by atomic mass is 32.1. The first kappa shape index (κ1) is 31.9. The number of nitrogens with zero attached hydrogens (tertiary/aromatic N) is 2. The molecule has 2 saturated heterocycles. The number of nitrogens with one attached hydrogen (secondary N) is 4. The molecule has 2 atom stereocenters. The number of carbonyl (C=O) groups excluding carboxylic acids is 4. The highest BCUT2D eigenvalue weighted by Crippen LogP contribution is 2.41. The summed E-state index contributed by atoms with van der Waals surface area (Å²) in [7, 11) is 0. The van der Waals surface area contributed by atoms with Crippen molar-refractivity contribution in [1.82, 2.24) is 20.9 Å². The van der Waals surface area contributed by atoms with E-state index in [1.54, 1.807) is 18.2 Å². The summed E-state index contributed by atoms with van der Waals surface area (Å²) in [6.07, 6.45) is 2.34. The number of pyridine rings is 1. The second kappa shape index (κ2) is 12.8. The number of halogens is 1. The van der Waals surface area contributed by atoms with Gasteiger partial charge in [0.05, 0.1) is 22.8 Å². The lowest BCUT2D eigenvalue weighted by Gasteiger charge is -2.34. The quantitative estimate of drug-likeness (QED) is 0.174. The zero-order valence-corrected chi connectivity index (χ0v) is 28.2. The first-order chi connectivity index (χ1) is 24.2. The molecule has 4 N–H and O–H groups in total. The first-order valence-corrected chi connectivity index (χ1v) is 17.7. The fourth-order valence-electron chi connectivity index (χ4n) is 7.22. The van der Waals surface area contributed by atoms with Gasteiger partial charge in [0.15, 0.2) is 0 Å². The van der Waals surface area contributed by atoms with Crippen LogP contribution in [0.3, 0.4) is 0 Å². The third kappa shape index (κ3) is 5.93. The Balaban J connectivity index is 0.920. The molecule has 0 radical (unpaired) electrons. The molecule has 8 rings (SSSR count). The van der Waals surface area contributed by atoms with Crippen LogP contribution in [0, 0.1) is 5.82 Å². The lowest BCUT2D eigenvalue weighted by molar-refractivity contribution is -0.134. The van der Waals surface area contributed by atoms with Gasteiger partial charge < -0.3 is 20.9 Å². The van der Waals surface area contributed by atoms with Crippen LogP contribution in [0.4, 0.5) is 15.8 Å². The molecule has 50 heavy (non-hydrogen) atoms. The molecule has 4 amide bonds. The summed E-state index contributed by atoms with van der Waals surface area (Å²) >= 11 is 1.44. The average Bonchev–Trinajstić information content (AvgIpc) is 3.44. The van der Waals surface area contributed by atoms with Gasteiger partial charge in [-0.15, -0.1) is 11.3 Å². The van der Waals surface area contributed by atoms with Crippen LogP contribution < -0.4 is 26.2 Å². The van der Waals surface area contributed by atoms with Crippen molar-refractivity contribution in [2.45, 2.75) is 50.6 Å². The predicted molar refractivity (Wildman–Crippen MR) is 192 cm³/mol. The van der Waals surface area contributed by atoms with E-state index < -0.39 is 5.82 Å². The molecule has 254 valence electrons. The van der Waals surface area contributed by atoms with E-state index in [1.807, 2.05) is 49.4 Å². The Bertz CT molecular complexity index is 2190. The lowest BCUT2D eigenvalue weighted by Crippen LogP contribution is -2.44. The number of benzene rings is 3. The Hall–Kier alpha value is -5.36. The number of hydrogen-bond donors (Lipinski definition) is 4. The van der Waals surface area contributed by atoms with E-state index in [4.69, 9.17) is 4.98 Å². The van der Waals surface area contributed by atoms with Crippen LogP contribution in [-0.2, 0) is 9.59 Å². The molecule has 2 fully saturated rings. The van der Waals surface area contributed by atoms with E-state index in [0.29, 0.717) is 41.0 Å². The summed E-state index contributed by atoms with van der Waals surface area (Å²) in [6.45, 7) is 4.05. The SMILES string of the molecule is C[C@@H]1CNc2c(sc3ccc4nc(-c5ccc(C(=O)NC6CCN(c7ccc(C8CCC(=O)NC8=O)cc7)CC6)cc5F)ccc4c23)C(=O)N1. The van der Waals surface area contributed by atoms with Gasteiger partial charge in [0.1, 0.15) is 10.7 Å². The van der Waals surface area contributed by atoms with Gasteiger partial charge in [0, 0.05) is 70.4 Å². The maximum Gasteiger partial charge on any atom is 0.263 e. The van der Waals surface area contributed by atoms with Gasteiger partial charge in [-0.1, -0.05) is 12.1 Å². The second-order valence-corrected chi connectivity index (χ2v) is 14.3. The van der Waals surface area contributed by atoms with E-state index in [-0.39, 0.29) is 47.2 Å². The third-order valence-electron chi connectivity index (χ3n) is 9.93. The summed E-state index contributed by atoms with van der Waals surface area (Å²) in [5.41, 5.74) is 4.44. The maximum atomic E-state index is 15.5. The number of imide groups is 1. The summed E-state index contributed by atoms with van der Waals surface area (Å²) < 4.78 is 16.5. The number of fused-ring (bicyclic) bond motifs is 5. The largest absolute Gasteiger partial charge is 0.381 e. The van der Waals surface area contributed by atoms with Crippen LogP contribution in [0.5, 0.6) is 0 Å². The third-order valence-corrected chi connectivity index (χ3v) is 11.1. The van der Waals surface area contributed by atoms with Crippen molar-refractivity contribution in [2.75, 3.05) is 29.9 Å². The van der Waals surface area contributed by atoms with Gasteiger partial charge in [-0.05, 0) is 86.3 Å². The average molecular weight is 691 g/mol. The van der Waals surface area contributed by atoms with Gasteiger partial charge in [-0.25, -0.2) is 9.37 Å². The number of amides is 4. The van der Waals surface area contributed by atoms with Crippen LogP contribution >= 0.6 is 11.3 Å². The highest BCUT2D eigenvalue weighted by Gasteiger charge is 2.29. The Kier molecular flexibility index (Phi) is 8.18.